The molecule has 0 aliphatic heterocycles. The van der Waals surface area contributed by atoms with E-state index in [1.807, 2.05) is 6.92 Å². The fourth-order valence-electron chi connectivity index (χ4n) is 1.71. The molecule has 0 radical (unpaired) electrons. The maximum absolute atomic E-state index is 13.1. The van der Waals surface area contributed by atoms with Gasteiger partial charge in [0.05, 0.1) is 5.56 Å². The molecule has 0 spiro atoms. The predicted octanol–water partition coefficient (Wildman–Crippen LogP) is 3.66. The first-order valence-corrected chi connectivity index (χ1v) is 6.06. The molecular weight excluding hydrogens is 262 g/mol. The van der Waals surface area contributed by atoms with Crippen LogP contribution in [0, 0.1) is 5.82 Å². The number of alkyl halides is 3. The van der Waals surface area contributed by atoms with Gasteiger partial charge in [0, 0.05) is 19.3 Å². The quantitative estimate of drug-likeness (QED) is 0.637. The molecule has 0 aliphatic rings. The summed E-state index contributed by atoms with van der Waals surface area (Å²) >= 11 is 0. The fraction of sp³-hybridized carbons (Fsp3) is 0.538. The Morgan fingerprint density at radius 2 is 2.00 bits per heavy atom. The van der Waals surface area contributed by atoms with Crippen molar-refractivity contribution in [2.45, 2.75) is 32.0 Å². The van der Waals surface area contributed by atoms with Crippen LogP contribution in [0.5, 0.6) is 0 Å². The average Bonchev–Trinajstić information content (AvgIpc) is 2.33. The zero-order valence-corrected chi connectivity index (χ0v) is 10.6. The van der Waals surface area contributed by atoms with Crippen LogP contribution in [0.4, 0.5) is 17.6 Å². The molecule has 108 valence electrons. The van der Waals surface area contributed by atoms with Gasteiger partial charge in [0.1, 0.15) is 5.82 Å². The van der Waals surface area contributed by atoms with Crippen molar-refractivity contribution in [1.82, 2.24) is 0 Å². The molecule has 0 saturated heterocycles. The van der Waals surface area contributed by atoms with Gasteiger partial charge in [-0.3, -0.25) is 0 Å². The maximum atomic E-state index is 13.1. The smallest absolute Gasteiger partial charge is 0.382 e. The van der Waals surface area contributed by atoms with E-state index in [1.54, 1.807) is 0 Å². The molecule has 0 amide bonds. The summed E-state index contributed by atoms with van der Waals surface area (Å²) in [6.45, 7) is 2.96. The first kappa shape index (κ1) is 15.9. The summed E-state index contributed by atoms with van der Waals surface area (Å²) in [6, 6.07) is 2.32. The molecule has 1 aromatic carbocycles. The lowest BCUT2D eigenvalue weighted by Crippen LogP contribution is -2.14. The van der Waals surface area contributed by atoms with Crippen LogP contribution in [0.3, 0.4) is 0 Å². The molecular formula is C13H17F4NO. The molecule has 6 heteroatoms. The van der Waals surface area contributed by atoms with E-state index in [2.05, 4.69) is 0 Å². The average molecular weight is 279 g/mol. The van der Waals surface area contributed by atoms with Crippen molar-refractivity contribution >= 4 is 0 Å². The zero-order valence-electron chi connectivity index (χ0n) is 10.6. The lowest BCUT2D eigenvalue weighted by atomic mass is 10.0. The number of nitrogens with two attached hydrogens (primary N) is 1. The molecule has 0 heterocycles. The molecule has 1 aromatic rings. The molecule has 0 saturated carbocycles. The Kier molecular flexibility index (Phi) is 5.75. The number of hydrogen-bond acceptors (Lipinski definition) is 2. The lowest BCUT2D eigenvalue weighted by molar-refractivity contribution is -0.140. The zero-order chi connectivity index (χ0) is 14.5. The molecule has 2 N–H and O–H groups in total. The maximum Gasteiger partial charge on any atom is 0.419 e. The van der Waals surface area contributed by atoms with Crippen LogP contribution >= 0.6 is 0 Å². The predicted molar refractivity (Wildman–Crippen MR) is 64.1 cm³/mol. The van der Waals surface area contributed by atoms with E-state index >= 15 is 0 Å². The van der Waals surface area contributed by atoms with Gasteiger partial charge in [0.15, 0.2) is 0 Å². The van der Waals surface area contributed by atoms with Gasteiger partial charge < -0.3 is 10.5 Å². The standard InChI is InChI=1S/C13H17F4NO/c1-2-19-7-3-4-12(18)9-5-6-11(14)10(8-9)13(15,16)17/h5-6,8,12H,2-4,7,18H2,1H3. The van der Waals surface area contributed by atoms with Crippen molar-refractivity contribution < 1.29 is 22.3 Å². The van der Waals surface area contributed by atoms with Crippen LogP contribution in [-0.2, 0) is 10.9 Å². The van der Waals surface area contributed by atoms with Crippen LogP contribution in [0.1, 0.15) is 36.9 Å². The summed E-state index contributed by atoms with van der Waals surface area (Å²) in [5.41, 5.74) is 4.80. The van der Waals surface area contributed by atoms with Gasteiger partial charge in [0.25, 0.3) is 0 Å². The first-order valence-electron chi connectivity index (χ1n) is 6.06. The monoisotopic (exact) mass is 279 g/mol. The van der Waals surface area contributed by atoms with E-state index in [4.69, 9.17) is 10.5 Å². The van der Waals surface area contributed by atoms with Crippen molar-refractivity contribution in [2.24, 2.45) is 5.73 Å². The van der Waals surface area contributed by atoms with Gasteiger partial charge in [-0.2, -0.15) is 13.2 Å². The number of halogens is 4. The fourth-order valence-corrected chi connectivity index (χ4v) is 1.71. The molecule has 0 aromatic heterocycles. The number of hydrogen-bond donors (Lipinski definition) is 1. The molecule has 1 rings (SSSR count). The Balaban J connectivity index is 2.73. The van der Waals surface area contributed by atoms with Gasteiger partial charge in [-0.15, -0.1) is 0 Å². The molecule has 0 bridgehead atoms. The van der Waals surface area contributed by atoms with E-state index in [-0.39, 0.29) is 5.56 Å². The molecule has 1 atom stereocenters. The third-order valence-corrected chi connectivity index (χ3v) is 2.73. The Labute approximate surface area is 109 Å². The third-order valence-electron chi connectivity index (χ3n) is 2.73. The van der Waals surface area contributed by atoms with Crippen LogP contribution in [0.25, 0.3) is 0 Å². The van der Waals surface area contributed by atoms with E-state index in [0.29, 0.717) is 26.1 Å². The molecule has 0 fully saturated rings. The van der Waals surface area contributed by atoms with Crippen molar-refractivity contribution in [1.29, 1.82) is 0 Å². The normalized spacial score (nSPS) is 13.6. The van der Waals surface area contributed by atoms with Crippen molar-refractivity contribution in [3.05, 3.63) is 35.1 Å². The summed E-state index contributed by atoms with van der Waals surface area (Å²) in [5, 5.41) is 0. The summed E-state index contributed by atoms with van der Waals surface area (Å²) in [4.78, 5) is 0. The van der Waals surface area contributed by atoms with Crippen LogP contribution in [0.2, 0.25) is 0 Å². The van der Waals surface area contributed by atoms with E-state index in [1.165, 1.54) is 6.07 Å². The number of ether oxygens (including phenoxy) is 1. The Bertz CT molecular complexity index is 406. The van der Waals surface area contributed by atoms with Gasteiger partial charge in [-0.25, -0.2) is 4.39 Å². The Hall–Kier alpha value is -1.14. The minimum atomic E-state index is -4.70. The molecule has 19 heavy (non-hydrogen) atoms. The third kappa shape index (κ3) is 4.80. The Morgan fingerprint density at radius 3 is 2.58 bits per heavy atom. The highest BCUT2D eigenvalue weighted by Crippen LogP contribution is 2.33. The van der Waals surface area contributed by atoms with Crippen molar-refractivity contribution in [2.75, 3.05) is 13.2 Å². The minimum Gasteiger partial charge on any atom is -0.382 e. The van der Waals surface area contributed by atoms with Gasteiger partial charge in [0.2, 0.25) is 0 Å². The number of rotatable bonds is 6. The second-order valence-corrected chi connectivity index (χ2v) is 4.18. The number of benzene rings is 1. The summed E-state index contributed by atoms with van der Waals surface area (Å²) in [6.07, 6.45) is -3.57. The largest absolute Gasteiger partial charge is 0.419 e. The highest BCUT2D eigenvalue weighted by molar-refractivity contribution is 5.29. The summed E-state index contributed by atoms with van der Waals surface area (Å²) < 4.78 is 55.9. The SMILES string of the molecule is CCOCCCC(N)c1ccc(F)c(C(F)(F)F)c1. The second kappa shape index (κ2) is 6.86. The van der Waals surface area contributed by atoms with E-state index in [9.17, 15) is 17.6 Å². The van der Waals surface area contributed by atoms with Gasteiger partial charge in [-0.05, 0) is 37.5 Å². The highest BCUT2D eigenvalue weighted by Gasteiger charge is 2.34. The van der Waals surface area contributed by atoms with Gasteiger partial charge >= 0.3 is 6.18 Å². The molecule has 1 unspecified atom stereocenters. The van der Waals surface area contributed by atoms with Crippen LogP contribution in [-0.4, -0.2) is 13.2 Å². The van der Waals surface area contributed by atoms with Crippen LogP contribution < -0.4 is 5.73 Å². The topological polar surface area (TPSA) is 35.2 Å². The summed E-state index contributed by atoms with van der Waals surface area (Å²) in [7, 11) is 0. The second-order valence-electron chi connectivity index (χ2n) is 4.18. The first-order chi connectivity index (χ1) is 8.86. The summed E-state index contributed by atoms with van der Waals surface area (Å²) in [5.74, 6) is -1.28. The minimum absolute atomic E-state index is 0.283. The Morgan fingerprint density at radius 1 is 1.32 bits per heavy atom. The van der Waals surface area contributed by atoms with E-state index in [0.717, 1.165) is 12.1 Å². The lowest BCUT2D eigenvalue weighted by Gasteiger charge is -2.15. The van der Waals surface area contributed by atoms with Crippen molar-refractivity contribution in [3.8, 4) is 0 Å². The molecule has 0 aliphatic carbocycles. The van der Waals surface area contributed by atoms with E-state index < -0.39 is 23.6 Å². The van der Waals surface area contributed by atoms with Crippen LogP contribution in [0.15, 0.2) is 18.2 Å². The van der Waals surface area contributed by atoms with Crippen molar-refractivity contribution in [3.63, 3.8) is 0 Å². The molecule has 2 nitrogen and oxygen atoms in total. The van der Waals surface area contributed by atoms with Gasteiger partial charge in [-0.1, -0.05) is 6.07 Å². The highest BCUT2D eigenvalue weighted by atomic mass is 19.4.